The number of aryl methyl sites for hydroxylation is 1. The second kappa shape index (κ2) is 6.86. The van der Waals surface area contributed by atoms with Crippen molar-refractivity contribution in [2.45, 2.75) is 26.3 Å². The maximum Gasteiger partial charge on any atom is 0.237 e. The van der Waals surface area contributed by atoms with E-state index in [-0.39, 0.29) is 12.1 Å². The van der Waals surface area contributed by atoms with Crippen LogP contribution in [0.1, 0.15) is 18.2 Å². The number of carbonyl (C=O) groups is 1. The Bertz CT molecular complexity index is 878. The van der Waals surface area contributed by atoms with Gasteiger partial charge in [-0.2, -0.15) is 0 Å². The number of sulfonamides is 1. The van der Waals surface area contributed by atoms with Crippen LogP contribution in [0, 0.1) is 18.6 Å². The molecule has 0 fully saturated rings. The lowest BCUT2D eigenvalue weighted by Gasteiger charge is -2.12. The van der Waals surface area contributed by atoms with Crippen LogP contribution in [0.4, 0.5) is 8.78 Å². The molecule has 0 unspecified atom stereocenters. The van der Waals surface area contributed by atoms with Gasteiger partial charge < -0.3 is 10.3 Å². The Morgan fingerprint density at radius 2 is 2.00 bits per heavy atom. The second-order valence-corrected chi connectivity index (χ2v) is 7.47. The van der Waals surface area contributed by atoms with Crippen LogP contribution in [0.5, 0.6) is 0 Å². The predicted molar refractivity (Wildman–Crippen MR) is 87.1 cm³/mol. The van der Waals surface area contributed by atoms with Gasteiger partial charge in [-0.1, -0.05) is 0 Å². The molecular formula is C15H19F2N3O3S. The van der Waals surface area contributed by atoms with E-state index in [1.165, 1.54) is 13.0 Å². The molecule has 1 amide bonds. The van der Waals surface area contributed by atoms with Crippen LogP contribution in [-0.4, -0.2) is 38.2 Å². The molecule has 0 saturated carbocycles. The number of hydrogen-bond donors (Lipinski definition) is 3. The highest BCUT2D eigenvalue weighted by Gasteiger charge is 2.17. The third-order valence-electron chi connectivity index (χ3n) is 3.60. The van der Waals surface area contributed by atoms with Gasteiger partial charge in [-0.15, -0.1) is 0 Å². The van der Waals surface area contributed by atoms with E-state index >= 15 is 0 Å². The molecule has 1 aromatic carbocycles. The molecule has 2 rings (SSSR count). The van der Waals surface area contributed by atoms with Crippen molar-refractivity contribution < 1.29 is 22.0 Å². The molecule has 0 bridgehead atoms. The first-order valence-corrected chi connectivity index (χ1v) is 9.19. The van der Waals surface area contributed by atoms with Crippen LogP contribution < -0.4 is 10.0 Å². The van der Waals surface area contributed by atoms with E-state index in [1.807, 2.05) is 0 Å². The average Bonchev–Trinajstić information content (AvgIpc) is 2.74. The van der Waals surface area contributed by atoms with Crippen molar-refractivity contribution in [1.29, 1.82) is 0 Å². The smallest absolute Gasteiger partial charge is 0.237 e. The number of fused-ring (bicyclic) bond motifs is 1. The molecule has 1 aromatic heterocycles. The predicted octanol–water partition coefficient (Wildman–Crippen LogP) is 1.35. The largest absolute Gasteiger partial charge is 0.356 e. The van der Waals surface area contributed by atoms with Gasteiger partial charge in [0.1, 0.15) is 11.6 Å². The molecule has 1 atom stereocenters. The summed E-state index contributed by atoms with van der Waals surface area (Å²) in [6.45, 7) is 3.38. The summed E-state index contributed by atoms with van der Waals surface area (Å²) in [5, 5.41) is 3.03. The van der Waals surface area contributed by atoms with Crippen molar-refractivity contribution in [3.63, 3.8) is 0 Å². The topological polar surface area (TPSA) is 91.1 Å². The molecule has 0 spiro atoms. The number of nitrogens with one attached hydrogen (secondary N) is 3. The average molecular weight is 359 g/mol. The first kappa shape index (κ1) is 18.3. The molecule has 0 saturated heterocycles. The standard InChI is InChI=1S/C15H19F2N3O3S/c1-8-11(12-6-10(16)7-13(17)14(12)19-8)4-5-18-15(21)9(2)20-24(3,22)23/h6-7,9,19-20H,4-5H2,1-3H3,(H,18,21)/t9-/m1/s1. The molecule has 9 heteroatoms. The van der Waals surface area contributed by atoms with E-state index in [4.69, 9.17) is 0 Å². The molecule has 132 valence electrons. The van der Waals surface area contributed by atoms with Crippen LogP contribution in [0.3, 0.4) is 0 Å². The third-order valence-corrected chi connectivity index (χ3v) is 4.39. The summed E-state index contributed by atoms with van der Waals surface area (Å²) in [5.41, 5.74) is 1.61. The van der Waals surface area contributed by atoms with Crippen LogP contribution in [-0.2, 0) is 21.2 Å². The summed E-state index contributed by atoms with van der Waals surface area (Å²) < 4.78 is 51.5. The molecule has 2 aromatic rings. The van der Waals surface area contributed by atoms with Gasteiger partial charge >= 0.3 is 0 Å². The summed E-state index contributed by atoms with van der Waals surface area (Å²) >= 11 is 0. The molecular weight excluding hydrogens is 340 g/mol. The van der Waals surface area contributed by atoms with Crippen LogP contribution in [0.2, 0.25) is 0 Å². The highest BCUT2D eigenvalue weighted by Crippen LogP contribution is 2.25. The van der Waals surface area contributed by atoms with Crippen LogP contribution in [0.15, 0.2) is 12.1 Å². The summed E-state index contributed by atoms with van der Waals surface area (Å²) in [6, 6.07) is 1.15. The van der Waals surface area contributed by atoms with Crippen molar-refractivity contribution >= 4 is 26.8 Å². The quantitative estimate of drug-likeness (QED) is 0.727. The van der Waals surface area contributed by atoms with Gasteiger partial charge in [-0.3, -0.25) is 4.79 Å². The van der Waals surface area contributed by atoms with Gasteiger partial charge in [0.15, 0.2) is 0 Å². The first-order chi connectivity index (χ1) is 11.1. The highest BCUT2D eigenvalue weighted by molar-refractivity contribution is 7.88. The van der Waals surface area contributed by atoms with Crippen LogP contribution >= 0.6 is 0 Å². The molecule has 0 aliphatic heterocycles. The van der Waals surface area contributed by atoms with Gasteiger partial charge in [0.2, 0.25) is 15.9 Å². The van der Waals surface area contributed by atoms with E-state index in [1.54, 1.807) is 6.92 Å². The first-order valence-electron chi connectivity index (χ1n) is 7.29. The summed E-state index contributed by atoms with van der Waals surface area (Å²) in [5.74, 6) is -1.82. The lowest BCUT2D eigenvalue weighted by molar-refractivity contribution is -0.122. The Balaban J connectivity index is 2.06. The lowest BCUT2D eigenvalue weighted by atomic mass is 10.1. The molecule has 1 heterocycles. The van der Waals surface area contributed by atoms with E-state index < -0.39 is 33.6 Å². The highest BCUT2D eigenvalue weighted by atomic mass is 32.2. The minimum Gasteiger partial charge on any atom is -0.356 e. The SMILES string of the molecule is Cc1[nH]c2c(F)cc(F)cc2c1CCNC(=O)[C@@H](C)NS(C)(=O)=O. The molecule has 0 aliphatic rings. The minimum absolute atomic E-state index is 0.209. The zero-order valence-corrected chi connectivity index (χ0v) is 14.4. The Morgan fingerprint density at radius 3 is 2.62 bits per heavy atom. The number of H-pyrrole nitrogens is 1. The van der Waals surface area contributed by atoms with Gasteiger partial charge in [0.25, 0.3) is 0 Å². The van der Waals surface area contributed by atoms with Gasteiger partial charge in [0.05, 0.1) is 17.8 Å². The number of benzene rings is 1. The maximum absolute atomic E-state index is 13.7. The summed E-state index contributed by atoms with van der Waals surface area (Å²) in [4.78, 5) is 14.7. The van der Waals surface area contributed by atoms with Gasteiger partial charge in [0, 0.05) is 23.7 Å². The minimum atomic E-state index is -3.48. The number of hydrogen-bond acceptors (Lipinski definition) is 3. The molecule has 6 nitrogen and oxygen atoms in total. The van der Waals surface area contributed by atoms with Crippen molar-refractivity contribution in [1.82, 2.24) is 15.0 Å². The number of halogens is 2. The lowest BCUT2D eigenvalue weighted by Crippen LogP contribution is -2.44. The van der Waals surface area contributed by atoms with E-state index in [2.05, 4.69) is 15.0 Å². The fraction of sp³-hybridized carbons (Fsp3) is 0.400. The zero-order chi connectivity index (χ0) is 18.1. The fourth-order valence-corrected chi connectivity index (χ4v) is 3.31. The van der Waals surface area contributed by atoms with E-state index in [9.17, 15) is 22.0 Å². The maximum atomic E-state index is 13.7. The molecule has 0 radical (unpaired) electrons. The van der Waals surface area contributed by atoms with Crippen molar-refractivity contribution in [3.05, 3.63) is 35.0 Å². The fourth-order valence-electron chi connectivity index (χ4n) is 2.56. The second-order valence-electron chi connectivity index (χ2n) is 5.69. The number of aromatic nitrogens is 1. The summed E-state index contributed by atoms with van der Waals surface area (Å²) in [6.07, 6.45) is 1.32. The van der Waals surface area contributed by atoms with Crippen molar-refractivity contribution in [3.8, 4) is 0 Å². The number of carbonyl (C=O) groups excluding carboxylic acids is 1. The molecule has 3 N–H and O–H groups in total. The normalized spacial score (nSPS) is 13.2. The van der Waals surface area contributed by atoms with Crippen molar-refractivity contribution in [2.75, 3.05) is 12.8 Å². The number of rotatable bonds is 6. The Morgan fingerprint density at radius 1 is 1.33 bits per heavy atom. The van der Waals surface area contributed by atoms with Gasteiger partial charge in [-0.05, 0) is 31.9 Å². The van der Waals surface area contributed by atoms with Crippen LogP contribution in [0.25, 0.3) is 10.9 Å². The monoisotopic (exact) mass is 359 g/mol. The molecule has 0 aliphatic carbocycles. The van der Waals surface area contributed by atoms with E-state index in [0.29, 0.717) is 23.1 Å². The number of amides is 1. The molecule has 24 heavy (non-hydrogen) atoms. The Labute approximate surface area is 138 Å². The third kappa shape index (κ3) is 4.30. The summed E-state index contributed by atoms with van der Waals surface area (Å²) in [7, 11) is -3.48. The number of aromatic amines is 1. The van der Waals surface area contributed by atoms with Crippen molar-refractivity contribution in [2.24, 2.45) is 0 Å². The Kier molecular flexibility index (Phi) is 5.24. The zero-order valence-electron chi connectivity index (χ0n) is 13.5. The Hall–Kier alpha value is -2.00. The van der Waals surface area contributed by atoms with E-state index in [0.717, 1.165) is 12.3 Å². The van der Waals surface area contributed by atoms with Gasteiger partial charge in [-0.25, -0.2) is 21.9 Å².